The van der Waals surface area contributed by atoms with Gasteiger partial charge in [-0.1, -0.05) is 11.6 Å². The van der Waals surface area contributed by atoms with E-state index in [1.54, 1.807) is 13.2 Å². The molecule has 0 aliphatic heterocycles. The Morgan fingerprint density at radius 1 is 1.39 bits per heavy atom. The number of nitrogens with one attached hydrogen (secondary N) is 1. The molecule has 1 heterocycles. The van der Waals surface area contributed by atoms with Crippen LogP contribution in [-0.2, 0) is 7.05 Å². The van der Waals surface area contributed by atoms with Crippen molar-refractivity contribution in [3.63, 3.8) is 0 Å². The average Bonchev–Trinajstić information content (AvgIpc) is 2.76. The van der Waals surface area contributed by atoms with Crippen LogP contribution in [0.2, 0.25) is 5.02 Å². The molecule has 0 radical (unpaired) electrons. The monoisotopic (exact) mass is 265 g/mol. The van der Waals surface area contributed by atoms with Crippen LogP contribution in [-0.4, -0.2) is 15.8 Å². The van der Waals surface area contributed by atoms with Crippen LogP contribution in [0.1, 0.15) is 19.3 Å². The number of halogens is 1. The fourth-order valence-corrected chi connectivity index (χ4v) is 4.53. The molecule has 2 bridgehead atoms. The summed E-state index contributed by atoms with van der Waals surface area (Å²) in [6.45, 7) is 0. The molecular weight excluding hydrogens is 250 g/mol. The molecule has 1 aromatic heterocycles. The Labute approximate surface area is 110 Å². The summed E-state index contributed by atoms with van der Waals surface area (Å²) < 4.78 is 1.27. The van der Waals surface area contributed by atoms with Gasteiger partial charge >= 0.3 is 0 Å². The topological polar surface area (TPSA) is 46.9 Å². The Kier molecular flexibility index (Phi) is 2.11. The van der Waals surface area contributed by atoms with Gasteiger partial charge in [0.1, 0.15) is 5.02 Å². The van der Waals surface area contributed by atoms with Crippen molar-refractivity contribution in [2.45, 2.75) is 25.3 Å². The van der Waals surface area contributed by atoms with Crippen molar-refractivity contribution < 1.29 is 0 Å². The van der Waals surface area contributed by atoms with E-state index < -0.39 is 0 Å². The van der Waals surface area contributed by atoms with E-state index in [1.165, 1.54) is 23.9 Å². The molecule has 0 unspecified atom stereocenters. The number of fused-ring (bicyclic) bond motifs is 5. The van der Waals surface area contributed by atoms with Crippen molar-refractivity contribution in [1.29, 1.82) is 0 Å². The molecule has 3 aliphatic rings. The molecule has 1 N–H and O–H groups in total. The van der Waals surface area contributed by atoms with Gasteiger partial charge in [-0.05, 0) is 42.9 Å². The Balaban J connectivity index is 1.57. The van der Waals surface area contributed by atoms with Gasteiger partial charge in [0.25, 0.3) is 5.56 Å². The highest BCUT2D eigenvalue weighted by atomic mass is 35.5. The van der Waals surface area contributed by atoms with Crippen LogP contribution in [0.25, 0.3) is 0 Å². The first kappa shape index (κ1) is 10.9. The fourth-order valence-electron chi connectivity index (χ4n) is 4.31. The van der Waals surface area contributed by atoms with Crippen molar-refractivity contribution >= 4 is 17.3 Å². The van der Waals surface area contributed by atoms with E-state index in [1.807, 2.05) is 0 Å². The van der Waals surface area contributed by atoms with Gasteiger partial charge in [-0.25, -0.2) is 4.68 Å². The molecule has 1 aromatic rings. The zero-order chi connectivity index (χ0) is 12.4. The van der Waals surface area contributed by atoms with E-state index in [9.17, 15) is 4.79 Å². The maximum Gasteiger partial charge on any atom is 0.287 e. The minimum atomic E-state index is -0.226. The highest BCUT2D eigenvalue weighted by Gasteiger charge is 2.65. The number of aryl methyl sites for hydroxylation is 1. The number of hydrogen-bond donors (Lipinski definition) is 1. The minimum absolute atomic E-state index is 0.226. The van der Waals surface area contributed by atoms with Crippen LogP contribution >= 0.6 is 11.6 Å². The summed E-state index contributed by atoms with van der Waals surface area (Å²) >= 11 is 6.08. The summed E-state index contributed by atoms with van der Waals surface area (Å²) in [5, 5.41) is 7.74. The molecule has 4 nitrogen and oxygen atoms in total. The summed E-state index contributed by atoms with van der Waals surface area (Å²) in [6, 6.07) is 0.530. The number of nitrogens with zero attached hydrogens (tertiary/aromatic N) is 2. The lowest BCUT2D eigenvalue weighted by Gasteiger charge is -2.12. The SMILES string of the molecule is Cn1ncc(NC2[C@@H]3[C@H]4CC[C@@H](C4)[C@@H]23)c(Cl)c1=O. The first-order chi connectivity index (χ1) is 8.66. The lowest BCUT2D eigenvalue weighted by Crippen LogP contribution is -2.22. The van der Waals surface area contributed by atoms with E-state index in [0.29, 0.717) is 11.7 Å². The van der Waals surface area contributed by atoms with Crippen LogP contribution < -0.4 is 10.9 Å². The second-order valence-electron chi connectivity index (χ2n) is 5.96. The maximum atomic E-state index is 11.7. The predicted octanol–water partition coefficient (Wildman–Crippen LogP) is 1.89. The molecule has 3 saturated carbocycles. The highest BCUT2D eigenvalue weighted by Crippen LogP contribution is 2.66. The van der Waals surface area contributed by atoms with E-state index in [4.69, 9.17) is 11.6 Å². The number of hydrogen-bond acceptors (Lipinski definition) is 3. The minimum Gasteiger partial charge on any atom is -0.379 e. The molecule has 4 atom stereocenters. The Morgan fingerprint density at radius 3 is 2.72 bits per heavy atom. The third-order valence-electron chi connectivity index (χ3n) is 5.14. The predicted molar refractivity (Wildman–Crippen MR) is 69.7 cm³/mol. The van der Waals surface area contributed by atoms with Gasteiger partial charge in [-0.15, -0.1) is 0 Å². The van der Waals surface area contributed by atoms with Crippen molar-refractivity contribution in [2.24, 2.45) is 30.7 Å². The Hall–Kier alpha value is -1.03. The zero-order valence-corrected chi connectivity index (χ0v) is 11.0. The molecule has 0 aromatic carbocycles. The van der Waals surface area contributed by atoms with E-state index in [0.717, 1.165) is 23.7 Å². The summed E-state index contributed by atoms with van der Waals surface area (Å²) in [7, 11) is 1.62. The van der Waals surface area contributed by atoms with Gasteiger partial charge in [0, 0.05) is 13.1 Å². The van der Waals surface area contributed by atoms with Crippen LogP contribution in [0, 0.1) is 23.7 Å². The summed E-state index contributed by atoms with van der Waals surface area (Å²) in [4.78, 5) is 11.7. The van der Waals surface area contributed by atoms with Crippen molar-refractivity contribution in [3.05, 3.63) is 21.6 Å². The lowest BCUT2D eigenvalue weighted by atomic mass is 10.0. The first-order valence-electron chi connectivity index (χ1n) is 6.65. The second-order valence-corrected chi connectivity index (χ2v) is 6.34. The maximum absolute atomic E-state index is 11.7. The van der Waals surface area contributed by atoms with E-state index in [-0.39, 0.29) is 10.6 Å². The van der Waals surface area contributed by atoms with Crippen molar-refractivity contribution in [1.82, 2.24) is 9.78 Å². The van der Waals surface area contributed by atoms with Crippen molar-refractivity contribution in [3.8, 4) is 0 Å². The molecule has 18 heavy (non-hydrogen) atoms. The molecule has 5 heteroatoms. The largest absolute Gasteiger partial charge is 0.379 e. The average molecular weight is 266 g/mol. The van der Waals surface area contributed by atoms with Gasteiger partial charge in [-0.3, -0.25) is 4.79 Å². The molecule has 3 aliphatic carbocycles. The normalized spacial score (nSPS) is 39.8. The van der Waals surface area contributed by atoms with Gasteiger partial charge in [0.2, 0.25) is 0 Å². The molecule has 0 saturated heterocycles. The molecule has 96 valence electrons. The zero-order valence-electron chi connectivity index (χ0n) is 10.3. The summed E-state index contributed by atoms with van der Waals surface area (Å²) in [5.74, 6) is 3.47. The van der Waals surface area contributed by atoms with Crippen molar-refractivity contribution in [2.75, 3.05) is 5.32 Å². The quantitative estimate of drug-likeness (QED) is 0.888. The van der Waals surface area contributed by atoms with Crippen LogP contribution in [0.3, 0.4) is 0 Å². The first-order valence-corrected chi connectivity index (χ1v) is 7.03. The smallest absolute Gasteiger partial charge is 0.287 e. The second kappa shape index (κ2) is 3.50. The van der Waals surface area contributed by atoms with Gasteiger partial charge in [0.15, 0.2) is 0 Å². The molecule has 4 rings (SSSR count). The van der Waals surface area contributed by atoms with Gasteiger partial charge in [0.05, 0.1) is 11.9 Å². The van der Waals surface area contributed by atoms with Crippen LogP contribution in [0.15, 0.2) is 11.0 Å². The Bertz CT molecular complexity index is 554. The number of rotatable bonds is 2. The molecular formula is C13H16ClN3O. The molecule has 0 spiro atoms. The highest BCUT2D eigenvalue weighted by molar-refractivity contribution is 6.32. The summed E-state index contributed by atoms with van der Waals surface area (Å²) in [5.41, 5.74) is 0.481. The Morgan fingerprint density at radius 2 is 2.06 bits per heavy atom. The van der Waals surface area contributed by atoms with E-state index in [2.05, 4.69) is 10.4 Å². The molecule has 0 amide bonds. The van der Waals surface area contributed by atoms with E-state index >= 15 is 0 Å². The van der Waals surface area contributed by atoms with Gasteiger partial charge in [-0.2, -0.15) is 5.10 Å². The van der Waals surface area contributed by atoms with Crippen LogP contribution in [0.5, 0.6) is 0 Å². The fraction of sp³-hybridized carbons (Fsp3) is 0.692. The lowest BCUT2D eigenvalue weighted by molar-refractivity contribution is 0.456. The third-order valence-corrected chi connectivity index (χ3v) is 5.50. The van der Waals surface area contributed by atoms with Gasteiger partial charge < -0.3 is 5.32 Å². The third kappa shape index (κ3) is 1.32. The number of aromatic nitrogens is 2. The van der Waals surface area contributed by atoms with Crippen LogP contribution in [0.4, 0.5) is 5.69 Å². The number of anilines is 1. The molecule has 3 fully saturated rings. The summed E-state index contributed by atoms with van der Waals surface area (Å²) in [6.07, 6.45) is 5.88. The standard InChI is InChI=1S/C13H16ClN3O/c1-17-13(18)11(14)8(5-15-17)16-12-9-6-2-3-7(4-6)10(9)12/h5-7,9-10,12,16H,2-4H2,1H3/t6-,7-,9+,10+/m0/s1.